The van der Waals surface area contributed by atoms with E-state index in [4.69, 9.17) is 9.47 Å². The molecule has 2 bridgehead atoms. The summed E-state index contributed by atoms with van der Waals surface area (Å²) in [5, 5.41) is 13.9. The first-order valence-corrected chi connectivity index (χ1v) is 11.8. The molecule has 0 aromatic carbocycles. The second-order valence-corrected chi connectivity index (χ2v) is 9.80. The maximum atomic E-state index is 12.9. The molecule has 29 heavy (non-hydrogen) atoms. The lowest BCUT2D eigenvalue weighted by molar-refractivity contribution is -0.283. The Hall–Kier alpha value is -1.31. The predicted molar refractivity (Wildman–Crippen MR) is 111 cm³/mol. The van der Waals surface area contributed by atoms with Gasteiger partial charge in [-0.1, -0.05) is 36.4 Å². The summed E-state index contributed by atoms with van der Waals surface area (Å²) in [7, 11) is 0. The summed E-state index contributed by atoms with van der Waals surface area (Å²) in [5.41, 5.74) is 2.06. The molecule has 5 atom stereocenters. The van der Waals surface area contributed by atoms with Crippen LogP contribution in [0.4, 0.5) is 4.79 Å². The second kappa shape index (κ2) is 8.82. The number of rotatable bonds is 1. The van der Waals surface area contributed by atoms with Crippen molar-refractivity contribution >= 4 is 23.0 Å². The Morgan fingerprint density at radius 1 is 1.21 bits per heavy atom. The number of carbonyl (C=O) groups excluding carboxylic acids is 2. The third-order valence-electron chi connectivity index (χ3n) is 6.51. The molecule has 0 radical (unpaired) electrons. The summed E-state index contributed by atoms with van der Waals surface area (Å²) < 4.78 is 12.0. The highest BCUT2D eigenvalue weighted by Crippen LogP contribution is 2.38. The van der Waals surface area contributed by atoms with E-state index in [-0.39, 0.29) is 23.7 Å². The van der Waals surface area contributed by atoms with Gasteiger partial charge in [0, 0.05) is 24.2 Å². The van der Waals surface area contributed by atoms with E-state index >= 15 is 0 Å². The van der Waals surface area contributed by atoms with Crippen LogP contribution < -0.4 is 5.32 Å². The van der Waals surface area contributed by atoms with Gasteiger partial charge < -0.3 is 19.9 Å². The molecule has 7 heteroatoms. The van der Waals surface area contributed by atoms with Crippen LogP contribution in [0.25, 0.3) is 0 Å². The van der Waals surface area contributed by atoms with Gasteiger partial charge in [0.05, 0.1) is 12.1 Å². The van der Waals surface area contributed by atoms with Gasteiger partial charge >= 0.3 is 5.97 Å². The van der Waals surface area contributed by atoms with Crippen LogP contribution in [0, 0.1) is 5.92 Å². The fourth-order valence-corrected chi connectivity index (χ4v) is 5.78. The molecule has 1 amide bonds. The quantitative estimate of drug-likeness (QED) is 0.494. The van der Waals surface area contributed by atoms with Crippen LogP contribution in [0.3, 0.4) is 0 Å². The molecule has 4 rings (SSSR count). The molecule has 2 fully saturated rings. The first-order valence-electron chi connectivity index (χ1n) is 10.8. The first kappa shape index (κ1) is 20.9. The highest BCUT2D eigenvalue weighted by atomic mass is 32.2. The van der Waals surface area contributed by atoms with E-state index < -0.39 is 17.9 Å². The van der Waals surface area contributed by atoms with Crippen LogP contribution in [-0.4, -0.2) is 46.1 Å². The number of thioether (sulfide) groups is 1. The number of hydrogen-bond acceptors (Lipinski definition) is 6. The Labute approximate surface area is 176 Å². The normalized spacial score (nSPS) is 40.1. The monoisotopic (exact) mass is 421 g/mol. The number of carbonyl (C=O) groups is 2. The van der Waals surface area contributed by atoms with Crippen molar-refractivity contribution in [3.05, 3.63) is 23.3 Å². The first-order chi connectivity index (χ1) is 13.9. The third kappa shape index (κ3) is 4.89. The maximum absolute atomic E-state index is 12.9. The number of fused-ring (bicyclic) bond motifs is 2. The lowest BCUT2D eigenvalue weighted by Gasteiger charge is -2.43. The molecule has 2 saturated heterocycles. The van der Waals surface area contributed by atoms with Crippen LogP contribution in [0.2, 0.25) is 0 Å². The topological polar surface area (TPSA) is 84.9 Å². The van der Waals surface area contributed by atoms with Gasteiger partial charge in [-0.2, -0.15) is 0 Å². The van der Waals surface area contributed by atoms with Crippen molar-refractivity contribution in [2.45, 2.75) is 88.7 Å². The van der Waals surface area contributed by atoms with Gasteiger partial charge in [0.15, 0.2) is 5.79 Å². The highest BCUT2D eigenvalue weighted by Gasteiger charge is 2.49. The van der Waals surface area contributed by atoms with Crippen molar-refractivity contribution in [1.29, 1.82) is 0 Å². The highest BCUT2D eigenvalue weighted by molar-refractivity contribution is 8.14. The molecule has 0 aromatic heterocycles. The minimum absolute atomic E-state index is 0.149. The molecule has 0 spiro atoms. The van der Waals surface area contributed by atoms with Gasteiger partial charge in [-0.05, 0) is 50.9 Å². The second-order valence-electron chi connectivity index (χ2n) is 8.80. The van der Waals surface area contributed by atoms with Crippen molar-refractivity contribution in [2.75, 3.05) is 5.75 Å². The summed E-state index contributed by atoms with van der Waals surface area (Å²) in [6, 6.07) is -0.485. The number of ether oxygens (including phenoxy) is 2. The number of hydrogen-bond donors (Lipinski definition) is 2. The van der Waals surface area contributed by atoms with Crippen LogP contribution >= 0.6 is 11.8 Å². The Morgan fingerprint density at radius 2 is 2.07 bits per heavy atom. The average molecular weight is 422 g/mol. The van der Waals surface area contributed by atoms with Crippen LogP contribution in [0.15, 0.2) is 23.3 Å². The molecule has 3 aliphatic heterocycles. The van der Waals surface area contributed by atoms with Crippen molar-refractivity contribution in [3.8, 4) is 0 Å². The van der Waals surface area contributed by atoms with Crippen molar-refractivity contribution in [3.63, 3.8) is 0 Å². The van der Waals surface area contributed by atoms with E-state index in [1.54, 1.807) is 0 Å². The van der Waals surface area contributed by atoms with Gasteiger partial charge in [-0.25, -0.2) is 4.79 Å². The summed E-state index contributed by atoms with van der Waals surface area (Å²) in [5.74, 6) is -0.853. The van der Waals surface area contributed by atoms with Gasteiger partial charge in [0.2, 0.25) is 0 Å². The molecule has 0 saturated carbocycles. The fraction of sp³-hybridized carbons (Fsp3) is 0.727. The smallest absolute Gasteiger partial charge is 0.334 e. The Kier molecular flexibility index (Phi) is 6.37. The number of esters is 1. The minimum atomic E-state index is -1.50. The summed E-state index contributed by atoms with van der Waals surface area (Å²) in [6.07, 6.45) is 11.0. The molecule has 6 nitrogen and oxygen atoms in total. The zero-order chi connectivity index (χ0) is 20.4. The average Bonchev–Trinajstić information content (AvgIpc) is 3.32. The predicted octanol–water partition coefficient (Wildman–Crippen LogP) is 3.84. The van der Waals surface area contributed by atoms with Crippen molar-refractivity contribution in [2.24, 2.45) is 5.92 Å². The molecular formula is C22H31NO5S. The van der Waals surface area contributed by atoms with Crippen LogP contribution in [0.1, 0.15) is 64.7 Å². The van der Waals surface area contributed by atoms with Gasteiger partial charge in [0.1, 0.15) is 6.10 Å². The molecule has 2 N–H and O–H groups in total. The van der Waals surface area contributed by atoms with E-state index in [0.717, 1.165) is 62.3 Å². The molecule has 4 unspecified atom stereocenters. The lowest BCUT2D eigenvalue weighted by atomic mass is 9.90. The van der Waals surface area contributed by atoms with E-state index in [0.29, 0.717) is 18.1 Å². The lowest BCUT2D eigenvalue weighted by Crippen LogP contribution is -2.58. The van der Waals surface area contributed by atoms with E-state index in [9.17, 15) is 14.7 Å². The molecule has 3 heterocycles. The van der Waals surface area contributed by atoms with Gasteiger partial charge in [-0.15, -0.1) is 0 Å². The number of allylic oxidation sites excluding steroid dienone is 3. The Bertz CT molecular complexity index is 720. The zero-order valence-corrected chi connectivity index (χ0v) is 17.8. The van der Waals surface area contributed by atoms with Gasteiger partial charge in [0.25, 0.3) is 5.24 Å². The third-order valence-corrected chi connectivity index (χ3v) is 7.39. The van der Waals surface area contributed by atoms with Crippen molar-refractivity contribution in [1.82, 2.24) is 5.32 Å². The number of aliphatic hydroxyl groups is 1. The largest absolute Gasteiger partial charge is 0.459 e. The van der Waals surface area contributed by atoms with Crippen LogP contribution in [0.5, 0.6) is 0 Å². The standard InChI is InChI=1S/C22H31NO5S/c1-14-5-2-3-6-15-7-4-8-18(15)20(24)27-17-11-16(10-9-14)28-22(26,12-17)19-13-29-21(25)23-19/h2,5,14,16-17,19,26H,3-4,6-13H2,1H3,(H,23,25)/b5-2-/t14?,16-,17?,19?,22?/m1/s1. The minimum Gasteiger partial charge on any atom is -0.459 e. The maximum Gasteiger partial charge on any atom is 0.334 e. The van der Waals surface area contributed by atoms with Crippen molar-refractivity contribution < 1.29 is 24.2 Å². The summed E-state index contributed by atoms with van der Waals surface area (Å²) >= 11 is 1.15. The SMILES string of the molecule is CC1/C=C\CCC2=C(CCC2)C(=O)OC2C[C@@H](CC1)OC(O)(C1CSC(=O)N1)C2. The number of amides is 1. The zero-order valence-electron chi connectivity index (χ0n) is 17.0. The molecule has 160 valence electrons. The summed E-state index contributed by atoms with van der Waals surface area (Å²) in [4.78, 5) is 24.6. The summed E-state index contributed by atoms with van der Waals surface area (Å²) in [6.45, 7) is 2.20. The van der Waals surface area contributed by atoms with E-state index in [1.165, 1.54) is 5.57 Å². The molecule has 4 aliphatic rings. The Balaban J connectivity index is 1.57. The molecule has 0 aromatic rings. The van der Waals surface area contributed by atoms with Gasteiger partial charge in [-0.3, -0.25) is 4.79 Å². The number of nitrogens with one attached hydrogen (secondary N) is 1. The molecular weight excluding hydrogens is 390 g/mol. The van der Waals surface area contributed by atoms with E-state index in [1.807, 2.05) is 0 Å². The fourth-order valence-electron chi connectivity index (χ4n) is 4.89. The molecule has 1 aliphatic carbocycles. The van der Waals surface area contributed by atoms with Crippen LogP contribution in [-0.2, 0) is 14.3 Å². The van der Waals surface area contributed by atoms with E-state index in [2.05, 4.69) is 24.4 Å². The Morgan fingerprint density at radius 3 is 2.86 bits per heavy atom.